The number of rotatable bonds is 2. The quantitative estimate of drug-likeness (QED) is 0.856. The van der Waals surface area contributed by atoms with Crippen molar-refractivity contribution in [2.24, 2.45) is 0 Å². The first-order valence-electron chi connectivity index (χ1n) is 7.24. The number of amides is 1. The van der Waals surface area contributed by atoms with Gasteiger partial charge in [0.05, 0.1) is 23.1 Å². The summed E-state index contributed by atoms with van der Waals surface area (Å²) in [4.78, 5) is 14.6. The number of aromatic nitrogens is 2. The highest BCUT2D eigenvalue weighted by Gasteiger charge is 2.21. The van der Waals surface area contributed by atoms with Crippen LogP contribution in [0.5, 0.6) is 0 Å². The highest BCUT2D eigenvalue weighted by atomic mass is 32.2. The van der Waals surface area contributed by atoms with Gasteiger partial charge >= 0.3 is 0 Å². The molecule has 1 aliphatic heterocycles. The first-order valence-corrected chi connectivity index (χ1v) is 8.40. The molecule has 0 spiro atoms. The van der Waals surface area contributed by atoms with Crippen molar-refractivity contribution in [3.8, 4) is 5.69 Å². The van der Waals surface area contributed by atoms with Crippen molar-refractivity contribution in [1.82, 2.24) is 14.7 Å². The normalized spacial score (nSPS) is 15.8. The summed E-state index contributed by atoms with van der Waals surface area (Å²) in [6, 6.07) is 9.92. The van der Waals surface area contributed by atoms with Gasteiger partial charge in [-0.2, -0.15) is 16.9 Å². The van der Waals surface area contributed by atoms with Gasteiger partial charge in [-0.15, -0.1) is 0 Å². The van der Waals surface area contributed by atoms with Crippen molar-refractivity contribution in [3.63, 3.8) is 0 Å². The molecule has 0 atom stereocenters. The zero-order valence-electron chi connectivity index (χ0n) is 12.2. The summed E-state index contributed by atoms with van der Waals surface area (Å²) in [5, 5.41) is 4.39. The largest absolute Gasteiger partial charge is 0.338 e. The molecule has 4 nitrogen and oxygen atoms in total. The molecule has 0 radical (unpaired) electrons. The number of carbonyl (C=O) groups excluding carboxylic acids is 1. The molecule has 0 N–H and O–H groups in total. The predicted octanol–water partition coefficient (Wildman–Crippen LogP) is 2.76. The smallest absolute Gasteiger partial charge is 0.257 e. The molecule has 0 unspecified atom stereocenters. The van der Waals surface area contributed by atoms with E-state index in [9.17, 15) is 4.79 Å². The number of hydrogen-bond donors (Lipinski definition) is 0. The predicted molar refractivity (Wildman–Crippen MR) is 86.1 cm³/mol. The number of nitrogens with zero attached hydrogens (tertiary/aromatic N) is 3. The Kier molecular flexibility index (Phi) is 4.29. The van der Waals surface area contributed by atoms with E-state index in [4.69, 9.17) is 0 Å². The van der Waals surface area contributed by atoms with Crippen LogP contribution in [-0.4, -0.2) is 45.2 Å². The maximum atomic E-state index is 12.7. The highest BCUT2D eigenvalue weighted by Crippen LogP contribution is 2.18. The van der Waals surface area contributed by atoms with Gasteiger partial charge in [-0.3, -0.25) is 4.79 Å². The molecule has 1 amide bonds. The minimum absolute atomic E-state index is 0.109. The molecule has 0 bridgehead atoms. The molecule has 1 aromatic heterocycles. The Bertz CT molecular complexity index is 616. The van der Waals surface area contributed by atoms with E-state index in [0.717, 1.165) is 42.4 Å². The standard InChI is InChI=1S/C16H19N3OS/c1-13-15(16(20)18-8-5-10-21-11-9-18)12-17-19(13)14-6-3-2-4-7-14/h2-4,6-7,12H,5,8-11H2,1H3. The van der Waals surface area contributed by atoms with Crippen LogP contribution in [-0.2, 0) is 0 Å². The summed E-state index contributed by atoms with van der Waals surface area (Å²) in [7, 11) is 0. The molecule has 1 aliphatic rings. The van der Waals surface area contributed by atoms with Gasteiger partial charge in [0, 0.05) is 18.8 Å². The summed E-state index contributed by atoms with van der Waals surface area (Å²) >= 11 is 1.92. The molecule has 110 valence electrons. The fourth-order valence-electron chi connectivity index (χ4n) is 2.57. The molecule has 5 heteroatoms. The number of benzene rings is 1. The van der Waals surface area contributed by atoms with Gasteiger partial charge in [0.15, 0.2) is 0 Å². The Morgan fingerprint density at radius 1 is 1.19 bits per heavy atom. The number of para-hydroxylation sites is 1. The van der Waals surface area contributed by atoms with E-state index in [2.05, 4.69) is 5.10 Å². The van der Waals surface area contributed by atoms with E-state index in [1.54, 1.807) is 6.20 Å². The summed E-state index contributed by atoms with van der Waals surface area (Å²) in [6.45, 7) is 3.64. The average Bonchev–Trinajstić information content (AvgIpc) is 2.74. The lowest BCUT2D eigenvalue weighted by Crippen LogP contribution is -2.33. The lowest BCUT2D eigenvalue weighted by atomic mass is 10.2. The monoisotopic (exact) mass is 301 g/mol. The number of thioether (sulfide) groups is 1. The molecule has 2 aromatic rings. The van der Waals surface area contributed by atoms with Crippen molar-refractivity contribution in [3.05, 3.63) is 47.8 Å². The van der Waals surface area contributed by atoms with Crippen LogP contribution in [0.15, 0.2) is 36.5 Å². The Morgan fingerprint density at radius 2 is 2.00 bits per heavy atom. The lowest BCUT2D eigenvalue weighted by molar-refractivity contribution is 0.0768. The molecule has 2 heterocycles. The van der Waals surface area contributed by atoms with Crippen LogP contribution < -0.4 is 0 Å². The van der Waals surface area contributed by atoms with Crippen LogP contribution in [0, 0.1) is 6.92 Å². The van der Waals surface area contributed by atoms with E-state index in [0.29, 0.717) is 5.56 Å². The third kappa shape index (κ3) is 2.97. The van der Waals surface area contributed by atoms with Crippen LogP contribution in [0.4, 0.5) is 0 Å². The maximum Gasteiger partial charge on any atom is 0.257 e. The zero-order chi connectivity index (χ0) is 14.7. The van der Waals surface area contributed by atoms with Crippen LogP contribution in [0.25, 0.3) is 5.69 Å². The van der Waals surface area contributed by atoms with Crippen molar-refractivity contribution in [2.45, 2.75) is 13.3 Å². The van der Waals surface area contributed by atoms with Crippen molar-refractivity contribution in [1.29, 1.82) is 0 Å². The highest BCUT2D eigenvalue weighted by molar-refractivity contribution is 7.99. The fourth-order valence-corrected chi connectivity index (χ4v) is 3.46. The molecule has 0 aliphatic carbocycles. The van der Waals surface area contributed by atoms with Gasteiger partial charge in [-0.05, 0) is 31.2 Å². The van der Waals surface area contributed by atoms with Gasteiger partial charge in [-0.1, -0.05) is 18.2 Å². The summed E-state index contributed by atoms with van der Waals surface area (Å²) < 4.78 is 1.83. The zero-order valence-corrected chi connectivity index (χ0v) is 13.0. The first-order chi connectivity index (χ1) is 10.3. The Labute approximate surface area is 129 Å². The van der Waals surface area contributed by atoms with E-state index in [1.165, 1.54) is 0 Å². The molecule has 3 rings (SSSR count). The van der Waals surface area contributed by atoms with Crippen molar-refractivity contribution >= 4 is 17.7 Å². The third-order valence-electron chi connectivity index (χ3n) is 3.75. The van der Waals surface area contributed by atoms with Gasteiger partial charge < -0.3 is 4.90 Å². The topological polar surface area (TPSA) is 38.1 Å². The first kappa shape index (κ1) is 14.2. The molecule has 1 fully saturated rings. The molecule has 1 saturated heterocycles. The third-order valence-corrected chi connectivity index (χ3v) is 4.80. The summed E-state index contributed by atoms with van der Waals surface area (Å²) in [5.41, 5.74) is 2.61. The average molecular weight is 301 g/mol. The van der Waals surface area contributed by atoms with E-state index >= 15 is 0 Å². The maximum absolute atomic E-state index is 12.7. The molecule has 21 heavy (non-hydrogen) atoms. The van der Waals surface area contributed by atoms with Crippen LogP contribution in [0.3, 0.4) is 0 Å². The second-order valence-corrected chi connectivity index (χ2v) is 6.37. The lowest BCUT2D eigenvalue weighted by Gasteiger charge is -2.19. The van der Waals surface area contributed by atoms with Gasteiger partial charge in [-0.25, -0.2) is 4.68 Å². The van der Waals surface area contributed by atoms with Crippen LogP contribution >= 0.6 is 11.8 Å². The minimum Gasteiger partial charge on any atom is -0.338 e. The van der Waals surface area contributed by atoms with Crippen molar-refractivity contribution in [2.75, 3.05) is 24.6 Å². The molecular formula is C16H19N3OS. The Hall–Kier alpha value is -1.75. The van der Waals surface area contributed by atoms with E-state index < -0.39 is 0 Å². The van der Waals surface area contributed by atoms with Gasteiger partial charge in [0.25, 0.3) is 5.91 Å². The minimum atomic E-state index is 0.109. The van der Waals surface area contributed by atoms with Crippen LogP contribution in [0.1, 0.15) is 22.5 Å². The summed E-state index contributed by atoms with van der Waals surface area (Å²) in [5.74, 6) is 2.28. The fraction of sp³-hybridized carbons (Fsp3) is 0.375. The Balaban J connectivity index is 1.86. The van der Waals surface area contributed by atoms with E-state index in [-0.39, 0.29) is 5.91 Å². The SMILES string of the molecule is Cc1c(C(=O)N2CCCSCC2)cnn1-c1ccccc1. The summed E-state index contributed by atoms with van der Waals surface area (Å²) in [6.07, 6.45) is 2.77. The van der Waals surface area contributed by atoms with Crippen molar-refractivity contribution < 1.29 is 4.79 Å². The van der Waals surface area contributed by atoms with Gasteiger partial charge in [0.1, 0.15) is 0 Å². The molecular weight excluding hydrogens is 282 g/mol. The second-order valence-electron chi connectivity index (χ2n) is 5.15. The van der Waals surface area contributed by atoms with E-state index in [1.807, 2.05) is 58.6 Å². The van der Waals surface area contributed by atoms with Crippen LogP contribution in [0.2, 0.25) is 0 Å². The van der Waals surface area contributed by atoms with Gasteiger partial charge in [0.2, 0.25) is 0 Å². The molecule has 0 saturated carbocycles. The Morgan fingerprint density at radius 3 is 2.81 bits per heavy atom. The second kappa shape index (κ2) is 6.35. The number of hydrogen-bond acceptors (Lipinski definition) is 3. The number of carbonyl (C=O) groups is 1. The molecule has 1 aromatic carbocycles.